The first-order valence-corrected chi connectivity index (χ1v) is 24.2. The maximum atomic E-state index is 12.7. The van der Waals surface area contributed by atoms with Crippen LogP contribution in [0.4, 0.5) is 0 Å². The first-order valence-electron chi connectivity index (χ1n) is 24.2. The molecule has 1 unspecified atom stereocenters. The molecule has 0 aliphatic rings. The van der Waals surface area contributed by atoms with E-state index in [2.05, 4.69) is 32.9 Å². The Morgan fingerprint density at radius 3 is 0.982 bits per heavy atom. The number of rotatable bonds is 44. The summed E-state index contributed by atoms with van der Waals surface area (Å²) in [6.07, 6.45) is 47.9. The van der Waals surface area contributed by atoms with Crippen LogP contribution in [-0.2, 0) is 28.6 Å². The highest BCUT2D eigenvalue weighted by atomic mass is 16.6. The van der Waals surface area contributed by atoms with E-state index >= 15 is 0 Å². The molecule has 6 heteroatoms. The van der Waals surface area contributed by atoms with E-state index in [0.717, 1.165) is 77.0 Å². The minimum absolute atomic E-state index is 0.0694. The Morgan fingerprint density at radius 1 is 0.345 bits per heavy atom. The molecule has 0 saturated carbocycles. The van der Waals surface area contributed by atoms with E-state index in [-0.39, 0.29) is 31.1 Å². The zero-order valence-corrected chi connectivity index (χ0v) is 37.0. The van der Waals surface area contributed by atoms with Gasteiger partial charge in [0.1, 0.15) is 13.2 Å². The van der Waals surface area contributed by atoms with Crippen LogP contribution in [-0.4, -0.2) is 37.2 Å². The quantitative estimate of drug-likeness (QED) is 0.0265. The van der Waals surface area contributed by atoms with Gasteiger partial charge in [0.2, 0.25) is 0 Å². The topological polar surface area (TPSA) is 78.9 Å². The fourth-order valence-corrected chi connectivity index (χ4v) is 7.09. The van der Waals surface area contributed by atoms with Crippen LogP contribution < -0.4 is 0 Å². The number of unbranched alkanes of at least 4 members (excludes halogenated alkanes) is 31. The van der Waals surface area contributed by atoms with Gasteiger partial charge in [-0.2, -0.15) is 0 Å². The van der Waals surface area contributed by atoms with E-state index in [4.69, 9.17) is 14.2 Å². The molecule has 0 aromatic heterocycles. The summed E-state index contributed by atoms with van der Waals surface area (Å²) >= 11 is 0. The van der Waals surface area contributed by atoms with Gasteiger partial charge in [-0.15, -0.1) is 0 Å². The van der Waals surface area contributed by atoms with Gasteiger partial charge < -0.3 is 14.2 Å². The summed E-state index contributed by atoms with van der Waals surface area (Å²) in [5.41, 5.74) is 0. The number of allylic oxidation sites excluding steroid dienone is 2. The Bertz CT molecular complexity index is 854. The molecule has 0 bridgehead atoms. The monoisotopic (exact) mass is 777 g/mol. The highest BCUT2D eigenvalue weighted by Crippen LogP contribution is 2.16. The van der Waals surface area contributed by atoms with Gasteiger partial charge in [-0.3, -0.25) is 14.4 Å². The molecule has 0 N–H and O–H groups in total. The van der Waals surface area contributed by atoms with Crippen molar-refractivity contribution in [3.05, 3.63) is 12.2 Å². The lowest BCUT2D eigenvalue weighted by Crippen LogP contribution is -2.30. The van der Waals surface area contributed by atoms with E-state index < -0.39 is 6.10 Å². The van der Waals surface area contributed by atoms with Crippen molar-refractivity contribution in [3.8, 4) is 0 Å². The highest BCUT2D eigenvalue weighted by Gasteiger charge is 2.19. The normalized spacial score (nSPS) is 12.0. The summed E-state index contributed by atoms with van der Waals surface area (Å²) < 4.78 is 16.7. The average molecular weight is 777 g/mol. The molecule has 0 heterocycles. The third-order valence-corrected chi connectivity index (χ3v) is 10.8. The van der Waals surface area contributed by atoms with Crippen LogP contribution in [0.1, 0.15) is 265 Å². The number of carbonyl (C=O) groups excluding carboxylic acids is 3. The molecular formula is C49H92O6. The standard InChI is InChI=1S/C49H92O6/c1-4-7-10-13-16-18-20-21-22-23-24-25-26-27-28-29-31-33-36-39-42-48(51)54-45-46(44-53-47(50)41-38-35-32-15-12-9-6-3)55-49(52)43-40-37-34-30-19-17-14-11-8-5-2/h11,14,46H,4-10,12-13,15-45H2,1-3H3/b14-11-. The summed E-state index contributed by atoms with van der Waals surface area (Å²) in [5, 5.41) is 0. The number of ether oxygens (including phenoxy) is 3. The van der Waals surface area contributed by atoms with E-state index in [1.54, 1.807) is 0 Å². The molecule has 0 fully saturated rings. The summed E-state index contributed by atoms with van der Waals surface area (Å²) in [5.74, 6) is -0.877. The lowest BCUT2D eigenvalue weighted by Gasteiger charge is -2.18. The second kappa shape index (κ2) is 44.9. The molecule has 0 aliphatic heterocycles. The van der Waals surface area contributed by atoms with Crippen molar-refractivity contribution in [2.45, 2.75) is 271 Å². The Hall–Kier alpha value is -1.85. The number of hydrogen-bond donors (Lipinski definition) is 0. The van der Waals surface area contributed by atoms with Crippen LogP contribution in [0.25, 0.3) is 0 Å². The second-order valence-electron chi connectivity index (χ2n) is 16.4. The lowest BCUT2D eigenvalue weighted by atomic mass is 10.0. The van der Waals surface area contributed by atoms with Gasteiger partial charge in [-0.05, 0) is 38.5 Å². The largest absolute Gasteiger partial charge is 0.462 e. The molecule has 1 atom stereocenters. The van der Waals surface area contributed by atoms with Gasteiger partial charge in [0.15, 0.2) is 6.10 Å². The third kappa shape index (κ3) is 43.1. The third-order valence-electron chi connectivity index (χ3n) is 10.8. The SMILES string of the molecule is CCC/C=C\CCCCCCCC(=O)OC(COC(=O)CCCCCCCCC)COC(=O)CCCCCCCCCCCCCCCCCCCCCC. The van der Waals surface area contributed by atoms with Crippen molar-refractivity contribution < 1.29 is 28.6 Å². The molecule has 0 radical (unpaired) electrons. The van der Waals surface area contributed by atoms with Crippen LogP contribution in [0.3, 0.4) is 0 Å². The Balaban J connectivity index is 4.13. The zero-order chi connectivity index (χ0) is 40.1. The van der Waals surface area contributed by atoms with Gasteiger partial charge in [0, 0.05) is 19.3 Å². The van der Waals surface area contributed by atoms with Crippen molar-refractivity contribution in [2.24, 2.45) is 0 Å². The van der Waals surface area contributed by atoms with Crippen molar-refractivity contribution in [2.75, 3.05) is 13.2 Å². The van der Waals surface area contributed by atoms with Crippen molar-refractivity contribution in [3.63, 3.8) is 0 Å². The molecule has 0 aliphatic carbocycles. The summed E-state index contributed by atoms with van der Waals surface area (Å²) in [7, 11) is 0. The predicted molar refractivity (Wildman–Crippen MR) is 233 cm³/mol. The van der Waals surface area contributed by atoms with Crippen molar-refractivity contribution >= 4 is 17.9 Å². The number of esters is 3. The Morgan fingerprint density at radius 2 is 0.636 bits per heavy atom. The molecule has 0 amide bonds. The molecule has 0 aromatic rings. The van der Waals surface area contributed by atoms with E-state index in [0.29, 0.717) is 19.3 Å². The van der Waals surface area contributed by atoms with E-state index in [1.165, 1.54) is 148 Å². The average Bonchev–Trinajstić information content (AvgIpc) is 3.18. The summed E-state index contributed by atoms with van der Waals surface area (Å²) in [6, 6.07) is 0. The minimum atomic E-state index is -0.765. The predicted octanol–water partition coefficient (Wildman–Crippen LogP) is 15.4. The van der Waals surface area contributed by atoms with Crippen LogP contribution in [0.5, 0.6) is 0 Å². The highest BCUT2D eigenvalue weighted by molar-refractivity contribution is 5.71. The van der Waals surface area contributed by atoms with Gasteiger partial charge >= 0.3 is 17.9 Å². The van der Waals surface area contributed by atoms with Crippen LogP contribution in [0, 0.1) is 0 Å². The Kier molecular flexibility index (Phi) is 43.4. The first-order chi connectivity index (χ1) is 27.0. The molecule has 324 valence electrons. The maximum absolute atomic E-state index is 12.7. The lowest BCUT2D eigenvalue weighted by molar-refractivity contribution is -0.167. The van der Waals surface area contributed by atoms with Gasteiger partial charge in [-0.1, -0.05) is 219 Å². The zero-order valence-electron chi connectivity index (χ0n) is 37.0. The molecule has 0 spiro atoms. The van der Waals surface area contributed by atoms with Crippen LogP contribution in [0.15, 0.2) is 12.2 Å². The molecular weight excluding hydrogens is 685 g/mol. The van der Waals surface area contributed by atoms with Crippen LogP contribution >= 0.6 is 0 Å². The van der Waals surface area contributed by atoms with Crippen LogP contribution in [0.2, 0.25) is 0 Å². The molecule has 0 rings (SSSR count). The fourth-order valence-electron chi connectivity index (χ4n) is 7.09. The summed E-state index contributed by atoms with van der Waals surface area (Å²) in [4.78, 5) is 37.6. The smallest absolute Gasteiger partial charge is 0.306 e. The molecule has 55 heavy (non-hydrogen) atoms. The number of hydrogen-bond acceptors (Lipinski definition) is 6. The molecule has 0 aromatic carbocycles. The minimum Gasteiger partial charge on any atom is -0.462 e. The van der Waals surface area contributed by atoms with Crippen molar-refractivity contribution in [1.29, 1.82) is 0 Å². The second-order valence-corrected chi connectivity index (χ2v) is 16.4. The Labute approximate surface area is 341 Å². The van der Waals surface area contributed by atoms with E-state index in [1.807, 2.05) is 0 Å². The van der Waals surface area contributed by atoms with Gasteiger partial charge in [-0.25, -0.2) is 0 Å². The van der Waals surface area contributed by atoms with Crippen molar-refractivity contribution in [1.82, 2.24) is 0 Å². The van der Waals surface area contributed by atoms with E-state index in [9.17, 15) is 14.4 Å². The molecule has 6 nitrogen and oxygen atoms in total. The summed E-state index contributed by atoms with van der Waals surface area (Å²) in [6.45, 7) is 6.55. The fraction of sp³-hybridized carbons (Fsp3) is 0.898. The molecule has 0 saturated heterocycles. The van der Waals surface area contributed by atoms with Gasteiger partial charge in [0.25, 0.3) is 0 Å². The van der Waals surface area contributed by atoms with Gasteiger partial charge in [0.05, 0.1) is 0 Å². The first kappa shape index (κ1) is 53.1. The maximum Gasteiger partial charge on any atom is 0.306 e. The number of carbonyl (C=O) groups is 3.